The van der Waals surface area contributed by atoms with Crippen molar-refractivity contribution in [3.8, 4) is 0 Å². The van der Waals surface area contributed by atoms with Gasteiger partial charge in [0.25, 0.3) is 0 Å². The van der Waals surface area contributed by atoms with Crippen LogP contribution < -0.4 is 5.46 Å². The fraction of sp³-hybridized carbons (Fsp3) is 0. The highest BCUT2D eigenvalue weighted by atomic mass is 19.1. The number of hydrogen-bond acceptors (Lipinski definition) is 2. The van der Waals surface area contributed by atoms with Crippen LogP contribution in [0.5, 0.6) is 0 Å². The quantitative estimate of drug-likeness (QED) is 0.472. The lowest BCUT2D eigenvalue weighted by Gasteiger charge is -1.97. The predicted octanol–water partition coefficient (Wildman–Crippen LogP) is -0.125. The van der Waals surface area contributed by atoms with E-state index >= 15 is 0 Å². The molecular weight excluding hydrogens is 146 g/mol. The molecule has 0 aliphatic carbocycles. The molecule has 0 atom stereocenters. The van der Waals surface area contributed by atoms with E-state index in [4.69, 9.17) is 5.02 Å². The van der Waals surface area contributed by atoms with Crippen LogP contribution in [0.15, 0.2) is 18.2 Å². The van der Waals surface area contributed by atoms with Gasteiger partial charge in [-0.3, -0.25) is 4.79 Å². The highest BCUT2D eigenvalue weighted by molar-refractivity contribution is 6.47. The summed E-state index contributed by atoms with van der Waals surface area (Å²) >= 11 is 0. The lowest BCUT2D eigenvalue weighted by molar-refractivity contribution is 0.112. The smallest absolute Gasteiger partial charge is 0.327 e. The zero-order chi connectivity index (χ0) is 8.27. The number of aldehydes is 1. The van der Waals surface area contributed by atoms with Gasteiger partial charge >= 0.3 is 7.48 Å². The van der Waals surface area contributed by atoms with E-state index in [2.05, 4.69) is 0 Å². The third kappa shape index (κ3) is 1.65. The first kappa shape index (κ1) is 7.95. The van der Waals surface area contributed by atoms with Crippen LogP contribution in [-0.2, 0) is 0 Å². The van der Waals surface area contributed by atoms with E-state index in [-0.39, 0.29) is 5.56 Å². The van der Waals surface area contributed by atoms with E-state index in [0.717, 1.165) is 13.5 Å². The van der Waals surface area contributed by atoms with Crippen molar-refractivity contribution in [2.24, 2.45) is 0 Å². The lowest BCUT2D eigenvalue weighted by atomic mass is 9.85. The normalized spacial score (nSPS) is 9.27. The van der Waals surface area contributed by atoms with Crippen LogP contribution in [-0.4, -0.2) is 18.8 Å². The summed E-state index contributed by atoms with van der Waals surface area (Å²) in [4.78, 5) is 10.2. The highest BCUT2D eigenvalue weighted by Crippen LogP contribution is 1.97. The van der Waals surface area contributed by atoms with Crippen LogP contribution >= 0.6 is 0 Å². The summed E-state index contributed by atoms with van der Waals surface area (Å²) in [6.45, 7) is 0. The summed E-state index contributed by atoms with van der Waals surface area (Å²) < 4.78 is 12.4. The molecule has 0 fully saturated rings. The maximum Gasteiger partial charge on any atom is 0.327 e. The molecule has 55 valence electrons. The Hall–Kier alpha value is -1.16. The molecule has 0 amide bonds. The number of benzene rings is 1. The van der Waals surface area contributed by atoms with Gasteiger partial charge in [0.05, 0.1) is 0 Å². The summed E-state index contributed by atoms with van der Waals surface area (Å²) in [5, 5.41) is 8.53. The van der Waals surface area contributed by atoms with Gasteiger partial charge in [0.15, 0.2) is 0 Å². The molecule has 1 aromatic rings. The second-order valence-electron chi connectivity index (χ2n) is 2.02. The molecule has 1 rings (SSSR count). The van der Waals surface area contributed by atoms with Crippen molar-refractivity contribution in [2.75, 3.05) is 0 Å². The predicted molar refractivity (Wildman–Crippen MR) is 39.4 cm³/mol. The van der Waals surface area contributed by atoms with E-state index in [9.17, 15) is 9.18 Å². The summed E-state index contributed by atoms with van der Waals surface area (Å²) in [5.41, 5.74) is 0.467. The molecule has 0 aliphatic rings. The summed E-state index contributed by atoms with van der Waals surface area (Å²) in [6.07, 6.45) is 0.491. The molecule has 0 bridgehead atoms. The Balaban J connectivity index is 3.16. The van der Waals surface area contributed by atoms with Gasteiger partial charge in [-0.15, -0.1) is 0 Å². The van der Waals surface area contributed by atoms with Gasteiger partial charge in [-0.05, 0) is 17.6 Å². The molecule has 0 unspecified atom stereocenters. The van der Waals surface area contributed by atoms with Crippen molar-refractivity contribution in [3.05, 3.63) is 29.6 Å². The van der Waals surface area contributed by atoms with Crippen LogP contribution in [0.4, 0.5) is 4.39 Å². The zero-order valence-corrected chi connectivity index (χ0v) is 5.62. The fourth-order valence-corrected chi connectivity index (χ4v) is 0.765. The van der Waals surface area contributed by atoms with Gasteiger partial charge in [0.2, 0.25) is 0 Å². The SMILES string of the molecule is O=Cc1cc(F)ccc1[B]O. The number of hydrogen-bond donors (Lipinski definition) is 1. The van der Waals surface area contributed by atoms with E-state index in [0.29, 0.717) is 11.7 Å². The number of carbonyl (C=O) groups is 1. The first-order valence-electron chi connectivity index (χ1n) is 3.00. The molecule has 0 aliphatic heterocycles. The van der Waals surface area contributed by atoms with Gasteiger partial charge < -0.3 is 5.02 Å². The monoisotopic (exact) mass is 151 g/mol. The Bertz CT molecular complexity index is 275. The Morgan fingerprint density at radius 3 is 2.82 bits per heavy atom. The molecule has 1 aromatic carbocycles. The van der Waals surface area contributed by atoms with Crippen LogP contribution in [0.2, 0.25) is 0 Å². The van der Waals surface area contributed by atoms with Crippen LogP contribution in [0.1, 0.15) is 10.4 Å². The van der Waals surface area contributed by atoms with E-state index in [1.165, 1.54) is 12.1 Å². The van der Waals surface area contributed by atoms with Gasteiger partial charge in [0, 0.05) is 5.56 Å². The molecule has 0 saturated heterocycles. The van der Waals surface area contributed by atoms with E-state index in [1.54, 1.807) is 0 Å². The standard InChI is InChI=1S/C7H5BFO2/c9-6-1-2-7(8-11)5(3-6)4-10/h1-4,11H. The van der Waals surface area contributed by atoms with Crippen LogP contribution in [0, 0.1) is 5.82 Å². The Labute approximate surface area is 63.9 Å². The minimum Gasteiger partial charge on any atom is -0.450 e. The van der Waals surface area contributed by atoms with Crippen molar-refractivity contribution < 1.29 is 14.2 Å². The van der Waals surface area contributed by atoms with Crippen molar-refractivity contribution in [3.63, 3.8) is 0 Å². The summed E-state index contributed by atoms with van der Waals surface area (Å²) in [5.74, 6) is -0.488. The zero-order valence-electron chi connectivity index (χ0n) is 5.62. The van der Waals surface area contributed by atoms with Crippen LogP contribution in [0.3, 0.4) is 0 Å². The number of carbonyl (C=O) groups excluding carboxylic acids is 1. The largest absolute Gasteiger partial charge is 0.450 e. The van der Waals surface area contributed by atoms with Gasteiger partial charge in [0.1, 0.15) is 12.1 Å². The first-order valence-corrected chi connectivity index (χ1v) is 3.00. The first-order chi connectivity index (χ1) is 5.27. The van der Waals surface area contributed by atoms with Crippen molar-refractivity contribution in [1.82, 2.24) is 0 Å². The fourth-order valence-electron chi connectivity index (χ4n) is 0.765. The Kier molecular flexibility index (Phi) is 2.38. The highest BCUT2D eigenvalue weighted by Gasteiger charge is 2.02. The minimum absolute atomic E-state index is 0.146. The minimum atomic E-state index is -0.488. The average Bonchev–Trinajstić information content (AvgIpc) is 2.04. The molecule has 11 heavy (non-hydrogen) atoms. The molecular formula is C7H5BFO2. The van der Waals surface area contributed by atoms with E-state index < -0.39 is 5.82 Å². The molecule has 0 saturated carbocycles. The van der Waals surface area contributed by atoms with E-state index in [1.807, 2.05) is 0 Å². The maximum absolute atomic E-state index is 12.4. The second-order valence-corrected chi connectivity index (χ2v) is 2.02. The Morgan fingerprint density at radius 1 is 1.55 bits per heavy atom. The third-order valence-electron chi connectivity index (χ3n) is 1.31. The van der Waals surface area contributed by atoms with Crippen molar-refractivity contribution in [1.29, 1.82) is 0 Å². The van der Waals surface area contributed by atoms with Gasteiger partial charge in [-0.2, -0.15) is 0 Å². The van der Waals surface area contributed by atoms with Gasteiger partial charge in [-0.1, -0.05) is 6.07 Å². The molecule has 2 nitrogen and oxygen atoms in total. The van der Waals surface area contributed by atoms with Crippen molar-refractivity contribution in [2.45, 2.75) is 0 Å². The maximum atomic E-state index is 12.4. The van der Waals surface area contributed by atoms with Crippen LogP contribution in [0.25, 0.3) is 0 Å². The Morgan fingerprint density at radius 2 is 2.27 bits per heavy atom. The molecule has 4 heteroatoms. The second kappa shape index (κ2) is 3.30. The number of rotatable bonds is 2. The van der Waals surface area contributed by atoms with Crippen molar-refractivity contribution >= 4 is 19.2 Å². The molecule has 1 N–H and O–H groups in total. The topological polar surface area (TPSA) is 37.3 Å². The molecule has 0 spiro atoms. The third-order valence-corrected chi connectivity index (χ3v) is 1.31. The number of halogens is 1. The summed E-state index contributed by atoms with van der Waals surface area (Å²) in [7, 11) is 0.767. The van der Waals surface area contributed by atoms with Gasteiger partial charge in [-0.25, -0.2) is 4.39 Å². The molecule has 0 heterocycles. The molecule has 0 aromatic heterocycles. The summed E-state index contributed by atoms with van der Waals surface area (Å²) in [6, 6.07) is 3.57. The lowest BCUT2D eigenvalue weighted by Crippen LogP contribution is -2.18. The average molecular weight is 151 g/mol. The molecule has 1 radical (unpaired) electrons.